The second-order valence-electron chi connectivity index (χ2n) is 6.66. The third-order valence-corrected chi connectivity index (χ3v) is 4.77. The van der Waals surface area contributed by atoms with E-state index in [0.717, 1.165) is 28.3 Å². The summed E-state index contributed by atoms with van der Waals surface area (Å²) in [5.74, 6) is -0.208. The van der Waals surface area contributed by atoms with Crippen LogP contribution in [-0.4, -0.2) is 25.5 Å². The molecular formula is C22H21N5O. The number of amides is 1. The number of aryl methyl sites for hydroxylation is 2. The van der Waals surface area contributed by atoms with Gasteiger partial charge in [-0.3, -0.25) is 9.48 Å². The van der Waals surface area contributed by atoms with E-state index in [1.165, 1.54) is 0 Å². The van der Waals surface area contributed by atoms with E-state index in [0.29, 0.717) is 11.3 Å². The van der Waals surface area contributed by atoms with Crippen molar-refractivity contribution in [3.05, 3.63) is 83.8 Å². The van der Waals surface area contributed by atoms with Gasteiger partial charge in [0, 0.05) is 18.8 Å². The van der Waals surface area contributed by atoms with Gasteiger partial charge in [-0.25, -0.2) is 4.68 Å². The lowest BCUT2D eigenvalue weighted by Gasteiger charge is -2.06. The smallest absolute Gasteiger partial charge is 0.259 e. The maximum absolute atomic E-state index is 13.2. The molecule has 2 heterocycles. The molecule has 2 aromatic carbocycles. The minimum Gasteiger partial charge on any atom is -0.319 e. The molecule has 0 aliphatic heterocycles. The van der Waals surface area contributed by atoms with Crippen LogP contribution in [0.3, 0.4) is 0 Å². The molecule has 0 saturated heterocycles. The van der Waals surface area contributed by atoms with E-state index in [9.17, 15) is 4.79 Å². The summed E-state index contributed by atoms with van der Waals surface area (Å²) in [5, 5.41) is 12.1. The van der Waals surface area contributed by atoms with Crippen LogP contribution >= 0.6 is 0 Å². The molecule has 0 atom stereocenters. The van der Waals surface area contributed by atoms with Crippen LogP contribution in [0.4, 0.5) is 5.69 Å². The summed E-state index contributed by atoms with van der Waals surface area (Å²) in [6.07, 6.45) is 1.77. The van der Waals surface area contributed by atoms with Gasteiger partial charge < -0.3 is 5.32 Å². The van der Waals surface area contributed by atoms with Crippen molar-refractivity contribution in [2.75, 3.05) is 5.32 Å². The lowest BCUT2D eigenvalue weighted by Crippen LogP contribution is -2.13. The van der Waals surface area contributed by atoms with Crippen molar-refractivity contribution >= 4 is 11.6 Å². The molecule has 140 valence electrons. The number of carbonyl (C=O) groups excluding carboxylic acids is 1. The first-order valence-corrected chi connectivity index (χ1v) is 9.06. The molecular weight excluding hydrogens is 350 g/mol. The molecule has 0 unspecified atom stereocenters. The number of carbonyl (C=O) groups is 1. The Bertz CT molecular complexity index is 1130. The van der Waals surface area contributed by atoms with E-state index >= 15 is 0 Å². The standard InChI is InChI=1S/C22H21N5O/c1-15-20(16(2)26(3)24-15)23-22(28)19-14-27(18-12-8-5-9-13-18)25-21(19)17-10-6-4-7-11-17/h4-14H,1-3H3,(H,23,28). The van der Waals surface area contributed by atoms with Crippen molar-refractivity contribution in [1.82, 2.24) is 19.6 Å². The van der Waals surface area contributed by atoms with Crippen molar-refractivity contribution in [1.29, 1.82) is 0 Å². The minimum atomic E-state index is -0.208. The number of benzene rings is 2. The SMILES string of the molecule is Cc1nn(C)c(C)c1NC(=O)c1cn(-c2ccccc2)nc1-c1ccccc1. The fraction of sp³-hybridized carbons (Fsp3) is 0.136. The summed E-state index contributed by atoms with van der Waals surface area (Å²) in [4.78, 5) is 13.2. The third-order valence-electron chi connectivity index (χ3n) is 4.77. The first-order valence-electron chi connectivity index (χ1n) is 9.06. The van der Waals surface area contributed by atoms with E-state index in [1.807, 2.05) is 81.6 Å². The molecule has 0 bridgehead atoms. The van der Waals surface area contributed by atoms with Gasteiger partial charge in [-0.15, -0.1) is 0 Å². The quantitative estimate of drug-likeness (QED) is 0.586. The Hall–Kier alpha value is -3.67. The third kappa shape index (κ3) is 3.20. The highest BCUT2D eigenvalue weighted by molar-refractivity contribution is 6.08. The van der Waals surface area contributed by atoms with E-state index in [4.69, 9.17) is 5.10 Å². The highest BCUT2D eigenvalue weighted by Gasteiger charge is 2.21. The average molecular weight is 371 g/mol. The largest absolute Gasteiger partial charge is 0.319 e. The van der Waals surface area contributed by atoms with Crippen LogP contribution in [0.5, 0.6) is 0 Å². The maximum atomic E-state index is 13.2. The van der Waals surface area contributed by atoms with Crippen molar-refractivity contribution in [3.8, 4) is 16.9 Å². The normalized spacial score (nSPS) is 10.8. The lowest BCUT2D eigenvalue weighted by atomic mass is 10.1. The second kappa shape index (κ2) is 7.15. The Kier molecular flexibility index (Phi) is 4.53. The highest BCUT2D eigenvalue weighted by Crippen LogP contribution is 2.26. The van der Waals surface area contributed by atoms with E-state index in [-0.39, 0.29) is 5.91 Å². The van der Waals surface area contributed by atoms with Crippen molar-refractivity contribution in [2.24, 2.45) is 7.05 Å². The van der Waals surface area contributed by atoms with E-state index in [2.05, 4.69) is 10.4 Å². The van der Waals surface area contributed by atoms with Crippen LogP contribution in [0.15, 0.2) is 66.9 Å². The first-order chi connectivity index (χ1) is 13.5. The predicted octanol–water partition coefficient (Wildman–Crippen LogP) is 4.14. The molecule has 0 aliphatic carbocycles. The number of rotatable bonds is 4. The summed E-state index contributed by atoms with van der Waals surface area (Å²) in [6.45, 7) is 3.81. The molecule has 28 heavy (non-hydrogen) atoms. The molecule has 4 aromatic rings. The molecule has 0 saturated carbocycles. The van der Waals surface area contributed by atoms with Gasteiger partial charge in [-0.2, -0.15) is 10.2 Å². The number of nitrogens with one attached hydrogen (secondary N) is 1. The Morgan fingerprint density at radius 3 is 2.18 bits per heavy atom. The van der Waals surface area contributed by atoms with Crippen LogP contribution in [-0.2, 0) is 7.05 Å². The molecule has 0 spiro atoms. The van der Waals surface area contributed by atoms with Gasteiger partial charge in [-0.05, 0) is 26.0 Å². The zero-order valence-corrected chi connectivity index (χ0v) is 16.0. The number of para-hydroxylation sites is 1. The second-order valence-corrected chi connectivity index (χ2v) is 6.66. The van der Waals surface area contributed by atoms with Crippen LogP contribution in [0, 0.1) is 13.8 Å². The molecule has 4 rings (SSSR count). The number of aromatic nitrogens is 4. The van der Waals surface area contributed by atoms with Crippen LogP contribution in [0.25, 0.3) is 16.9 Å². The molecule has 0 aliphatic rings. The molecule has 6 nitrogen and oxygen atoms in total. The Morgan fingerprint density at radius 1 is 0.929 bits per heavy atom. The topological polar surface area (TPSA) is 64.7 Å². The predicted molar refractivity (Wildman–Crippen MR) is 110 cm³/mol. The summed E-state index contributed by atoms with van der Waals surface area (Å²) in [6, 6.07) is 19.5. The summed E-state index contributed by atoms with van der Waals surface area (Å²) in [5.41, 5.74) is 5.36. The molecule has 2 aromatic heterocycles. The molecule has 1 N–H and O–H groups in total. The lowest BCUT2D eigenvalue weighted by molar-refractivity contribution is 0.102. The zero-order chi connectivity index (χ0) is 19.7. The highest BCUT2D eigenvalue weighted by atomic mass is 16.1. The van der Waals surface area contributed by atoms with E-state index in [1.54, 1.807) is 15.6 Å². The molecule has 6 heteroatoms. The van der Waals surface area contributed by atoms with Gasteiger partial charge in [0.1, 0.15) is 5.69 Å². The van der Waals surface area contributed by atoms with E-state index < -0.39 is 0 Å². The first kappa shape index (κ1) is 17.7. The fourth-order valence-electron chi connectivity index (χ4n) is 3.20. The van der Waals surface area contributed by atoms with Crippen molar-refractivity contribution < 1.29 is 4.79 Å². The van der Waals surface area contributed by atoms with Gasteiger partial charge in [0.2, 0.25) is 0 Å². The maximum Gasteiger partial charge on any atom is 0.259 e. The van der Waals surface area contributed by atoms with Gasteiger partial charge in [0.05, 0.1) is 28.3 Å². The fourth-order valence-corrected chi connectivity index (χ4v) is 3.20. The summed E-state index contributed by atoms with van der Waals surface area (Å²) < 4.78 is 3.50. The Balaban J connectivity index is 1.78. The number of hydrogen-bond donors (Lipinski definition) is 1. The minimum absolute atomic E-state index is 0.208. The molecule has 0 fully saturated rings. The van der Waals surface area contributed by atoms with Crippen molar-refractivity contribution in [2.45, 2.75) is 13.8 Å². The van der Waals surface area contributed by atoms with Crippen LogP contribution in [0.2, 0.25) is 0 Å². The van der Waals surface area contributed by atoms with Crippen molar-refractivity contribution in [3.63, 3.8) is 0 Å². The number of anilines is 1. The van der Waals surface area contributed by atoms with Gasteiger partial charge >= 0.3 is 0 Å². The Labute approximate surface area is 163 Å². The zero-order valence-electron chi connectivity index (χ0n) is 16.0. The van der Waals surface area contributed by atoms with Crippen LogP contribution in [0.1, 0.15) is 21.7 Å². The monoisotopic (exact) mass is 371 g/mol. The number of hydrogen-bond acceptors (Lipinski definition) is 3. The summed E-state index contributed by atoms with van der Waals surface area (Å²) >= 11 is 0. The van der Waals surface area contributed by atoms with Crippen LogP contribution < -0.4 is 5.32 Å². The molecule has 1 amide bonds. The van der Waals surface area contributed by atoms with Gasteiger partial charge in [-0.1, -0.05) is 48.5 Å². The average Bonchev–Trinajstić information content (AvgIpc) is 3.27. The molecule has 0 radical (unpaired) electrons. The summed E-state index contributed by atoms with van der Waals surface area (Å²) in [7, 11) is 1.86. The Morgan fingerprint density at radius 2 is 1.57 bits per heavy atom. The van der Waals surface area contributed by atoms with Gasteiger partial charge in [0.15, 0.2) is 0 Å². The number of nitrogens with zero attached hydrogens (tertiary/aromatic N) is 4. The van der Waals surface area contributed by atoms with Gasteiger partial charge in [0.25, 0.3) is 5.91 Å².